The zero-order chi connectivity index (χ0) is 24.9. The number of hydrogen-bond donors (Lipinski definition) is 1. The van der Waals surface area contributed by atoms with Gasteiger partial charge in [0.15, 0.2) is 0 Å². The van der Waals surface area contributed by atoms with Gasteiger partial charge in [-0.25, -0.2) is 4.79 Å². The second kappa shape index (κ2) is 10.9. The van der Waals surface area contributed by atoms with Crippen molar-refractivity contribution >= 4 is 28.2 Å². The lowest BCUT2D eigenvalue weighted by molar-refractivity contribution is -0.115. The first kappa shape index (κ1) is 24.0. The third kappa shape index (κ3) is 5.40. The first-order valence-corrected chi connectivity index (χ1v) is 12.9. The number of carbonyl (C=O) groups is 2. The predicted octanol–water partition coefficient (Wildman–Crippen LogP) is 5.94. The Balaban J connectivity index is 1.29. The van der Waals surface area contributed by atoms with Crippen LogP contribution in [0.5, 0.6) is 0 Å². The van der Waals surface area contributed by atoms with Crippen LogP contribution in [0.2, 0.25) is 0 Å². The van der Waals surface area contributed by atoms with Crippen LogP contribution in [-0.4, -0.2) is 30.4 Å². The number of thiophene rings is 1. The van der Waals surface area contributed by atoms with E-state index in [1.54, 1.807) is 0 Å². The van der Waals surface area contributed by atoms with Crippen molar-refractivity contribution in [2.75, 3.05) is 19.0 Å². The number of amides is 1. The van der Waals surface area contributed by atoms with Crippen molar-refractivity contribution in [1.82, 2.24) is 4.90 Å². The summed E-state index contributed by atoms with van der Waals surface area (Å²) in [5, 5.41) is 3.59. The summed E-state index contributed by atoms with van der Waals surface area (Å²) in [5.74, 6) is -0.543. The molecule has 4 aromatic rings. The Morgan fingerprint density at radius 2 is 1.56 bits per heavy atom. The van der Waals surface area contributed by atoms with Gasteiger partial charge in [-0.1, -0.05) is 84.9 Å². The van der Waals surface area contributed by atoms with E-state index >= 15 is 0 Å². The van der Waals surface area contributed by atoms with E-state index in [0.29, 0.717) is 10.6 Å². The van der Waals surface area contributed by atoms with Gasteiger partial charge in [0, 0.05) is 24.5 Å². The molecule has 36 heavy (non-hydrogen) atoms. The van der Waals surface area contributed by atoms with E-state index < -0.39 is 5.97 Å². The molecule has 0 unspecified atom stereocenters. The Kier molecular flexibility index (Phi) is 7.26. The fraction of sp³-hybridized carbons (Fsp3) is 0.200. The van der Waals surface area contributed by atoms with E-state index in [0.717, 1.165) is 53.2 Å². The van der Waals surface area contributed by atoms with Gasteiger partial charge >= 0.3 is 5.97 Å². The number of nitrogens with one attached hydrogen (secondary N) is 1. The number of esters is 1. The first-order valence-electron chi connectivity index (χ1n) is 12.0. The number of benzene rings is 3. The van der Waals surface area contributed by atoms with Crippen LogP contribution < -0.4 is 5.32 Å². The molecule has 0 saturated carbocycles. The molecule has 0 spiro atoms. The van der Waals surface area contributed by atoms with Crippen molar-refractivity contribution in [3.63, 3.8) is 0 Å². The summed E-state index contributed by atoms with van der Waals surface area (Å²) in [6, 6.07) is 28.5. The molecule has 5 nitrogen and oxygen atoms in total. The highest BCUT2D eigenvalue weighted by atomic mass is 32.1. The van der Waals surface area contributed by atoms with Crippen LogP contribution in [0.25, 0.3) is 11.1 Å². The maximum atomic E-state index is 13.0. The third-order valence-corrected chi connectivity index (χ3v) is 7.59. The molecule has 1 aliphatic rings. The van der Waals surface area contributed by atoms with Crippen molar-refractivity contribution in [3.8, 4) is 11.1 Å². The highest BCUT2D eigenvalue weighted by Crippen LogP contribution is 2.38. The van der Waals surface area contributed by atoms with Gasteiger partial charge < -0.3 is 10.1 Å². The molecule has 0 saturated heterocycles. The molecular weight excluding hydrogens is 468 g/mol. The van der Waals surface area contributed by atoms with Crippen LogP contribution in [0.1, 0.15) is 31.9 Å². The molecule has 1 amide bonds. The van der Waals surface area contributed by atoms with E-state index in [1.807, 2.05) is 60.7 Å². The molecule has 1 aliphatic heterocycles. The molecule has 0 bridgehead atoms. The number of ether oxygens (including phenoxy) is 1. The van der Waals surface area contributed by atoms with Crippen molar-refractivity contribution in [1.29, 1.82) is 0 Å². The quantitative estimate of drug-likeness (QED) is 0.322. The standard InChI is InChI=1S/C30H28N2O3S/c1-35-30(34)28-25-16-17-32(19-22-8-4-2-5-9-22)20-26(25)36-29(28)31-27(33)18-21-12-14-24(15-13-21)23-10-6-3-7-11-23/h2-15H,16-20H2,1H3,(H,31,33). The van der Waals surface area contributed by atoms with Crippen LogP contribution in [0.15, 0.2) is 84.9 Å². The van der Waals surface area contributed by atoms with Gasteiger partial charge in [0.05, 0.1) is 19.1 Å². The number of fused-ring (bicyclic) bond motifs is 1. The zero-order valence-electron chi connectivity index (χ0n) is 20.2. The van der Waals surface area contributed by atoms with E-state index in [1.165, 1.54) is 24.0 Å². The van der Waals surface area contributed by atoms with E-state index in [4.69, 9.17) is 4.74 Å². The average molecular weight is 497 g/mol. The van der Waals surface area contributed by atoms with Crippen molar-refractivity contribution in [3.05, 3.63) is 112 Å². The minimum absolute atomic E-state index is 0.146. The van der Waals surface area contributed by atoms with Crippen molar-refractivity contribution in [2.45, 2.75) is 25.9 Å². The summed E-state index contributed by atoms with van der Waals surface area (Å²) in [7, 11) is 1.39. The monoisotopic (exact) mass is 496 g/mol. The van der Waals surface area contributed by atoms with Crippen molar-refractivity contribution in [2.24, 2.45) is 0 Å². The number of methoxy groups -OCH3 is 1. The summed E-state index contributed by atoms with van der Waals surface area (Å²) >= 11 is 1.48. The fourth-order valence-corrected chi connectivity index (χ4v) is 5.94. The highest BCUT2D eigenvalue weighted by Gasteiger charge is 2.29. The Bertz CT molecular complexity index is 1350. The number of carbonyl (C=O) groups excluding carboxylic acids is 2. The van der Waals surface area contributed by atoms with Crippen molar-refractivity contribution < 1.29 is 14.3 Å². The zero-order valence-corrected chi connectivity index (χ0v) is 21.0. The van der Waals surface area contributed by atoms with E-state index in [-0.39, 0.29) is 12.3 Å². The minimum Gasteiger partial charge on any atom is -0.465 e. The number of nitrogens with zero attached hydrogens (tertiary/aromatic N) is 1. The van der Waals surface area contributed by atoms with Gasteiger partial charge in [-0.2, -0.15) is 0 Å². The number of rotatable bonds is 7. The summed E-state index contributed by atoms with van der Waals surface area (Å²) in [5.41, 5.74) is 5.93. The molecule has 1 N–H and O–H groups in total. The SMILES string of the molecule is COC(=O)c1c(NC(=O)Cc2ccc(-c3ccccc3)cc2)sc2c1CCN(Cc1ccccc1)C2. The first-order chi connectivity index (χ1) is 17.6. The van der Waals surface area contributed by atoms with Gasteiger partial charge in [-0.05, 0) is 34.2 Å². The average Bonchev–Trinajstić information content (AvgIpc) is 3.26. The molecule has 0 radical (unpaired) electrons. The topological polar surface area (TPSA) is 58.6 Å². The van der Waals surface area contributed by atoms with Gasteiger partial charge in [0.25, 0.3) is 0 Å². The van der Waals surface area contributed by atoms with Crippen LogP contribution in [0.3, 0.4) is 0 Å². The Hall–Kier alpha value is -3.74. The number of anilines is 1. The maximum absolute atomic E-state index is 13.0. The largest absolute Gasteiger partial charge is 0.465 e. The molecule has 1 aromatic heterocycles. The van der Waals surface area contributed by atoms with Crippen LogP contribution in [0, 0.1) is 0 Å². The predicted molar refractivity (Wildman–Crippen MR) is 144 cm³/mol. The summed E-state index contributed by atoms with van der Waals surface area (Å²) in [4.78, 5) is 29.1. The molecule has 182 valence electrons. The van der Waals surface area contributed by atoms with Crippen LogP contribution in [-0.2, 0) is 35.5 Å². The lowest BCUT2D eigenvalue weighted by atomic mass is 10.0. The maximum Gasteiger partial charge on any atom is 0.341 e. The van der Waals surface area contributed by atoms with Crippen LogP contribution >= 0.6 is 11.3 Å². The molecule has 6 heteroatoms. The lowest BCUT2D eigenvalue weighted by Crippen LogP contribution is -2.29. The van der Waals surface area contributed by atoms with Gasteiger partial charge in [0.2, 0.25) is 5.91 Å². The van der Waals surface area contributed by atoms with Gasteiger partial charge in [-0.3, -0.25) is 9.69 Å². The molecule has 0 fully saturated rings. The highest BCUT2D eigenvalue weighted by molar-refractivity contribution is 7.17. The summed E-state index contributed by atoms with van der Waals surface area (Å²) in [6.07, 6.45) is 0.984. The van der Waals surface area contributed by atoms with Gasteiger partial charge in [-0.15, -0.1) is 11.3 Å². The Morgan fingerprint density at radius 1 is 0.889 bits per heavy atom. The van der Waals surface area contributed by atoms with E-state index in [2.05, 4.69) is 34.5 Å². The summed E-state index contributed by atoms with van der Waals surface area (Å²) < 4.78 is 5.08. The normalized spacial score (nSPS) is 13.1. The second-order valence-electron chi connectivity index (χ2n) is 8.93. The molecule has 2 heterocycles. The molecule has 0 atom stereocenters. The molecular formula is C30H28N2O3S. The molecule has 0 aliphatic carbocycles. The lowest BCUT2D eigenvalue weighted by Gasteiger charge is -2.27. The molecule has 3 aromatic carbocycles. The van der Waals surface area contributed by atoms with Gasteiger partial charge in [0.1, 0.15) is 5.00 Å². The second-order valence-corrected chi connectivity index (χ2v) is 10.0. The minimum atomic E-state index is -0.397. The summed E-state index contributed by atoms with van der Waals surface area (Å²) in [6.45, 7) is 2.45. The third-order valence-electron chi connectivity index (χ3n) is 6.45. The fourth-order valence-electron chi connectivity index (χ4n) is 4.64. The van der Waals surface area contributed by atoms with E-state index in [9.17, 15) is 9.59 Å². The Labute approximate surface area is 215 Å². The smallest absolute Gasteiger partial charge is 0.341 e. The molecule has 5 rings (SSSR count). The van der Waals surface area contributed by atoms with Crippen LogP contribution in [0.4, 0.5) is 5.00 Å². The Morgan fingerprint density at radius 3 is 2.25 bits per heavy atom. The number of hydrogen-bond acceptors (Lipinski definition) is 5.